The van der Waals surface area contributed by atoms with Gasteiger partial charge in [-0.2, -0.15) is 0 Å². The number of benzene rings is 2. The second-order valence-electron chi connectivity index (χ2n) is 10.9. The molecule has 0 spiro atoms. The van der Waals surface area contributed by atoms with E-state index in [1.54, 1.807) is 6.20 Å². The van der Waals surface area contributed by atoms with E-state index in [-0.39, 0.29) is 31.4 Å². The Hall–Kier alpha value is -4.95. The average molecular weight is 624 g/mol. The van der Waals surface area contributed by atoms with Crippen LogP contribution in [0.15, 0.2) is 54.7 Å². The Morgan fingerprint density at radius 1 is 0.800 bits per heavy atom. The molecule has 0 fully saturated rings. The summed E-state index contributed by atoms with van der Waals surface area (Å²) in [5, 5.41) is 27.9. The number of phenols is 1. The molecule has 0 bridgehead atoms. The summed E-state index contributed by atoms with van der Waals surface area (Å²) in [6.07, 6.45) is 2.80. The van der Waals surface area contributed by atoms with Crippen molar-refractivity contribution in [3.05, 3.63) is 65.9 Å². The van der Waals surface area contributed by atoms with E-state index < -0.39 is 53.8 Å². The third kappa shape index (κ3) is 10.6. The zero-order valence-corrected chi connectivity index (χ0v) is 24.8. The highest BCUT2D eigenvalue weighted by molar-refractivity contribution is 5.95. The quantitative estimate of drug-likeness (QED) is 0.0857. The van der Waals surface area contributed by atoms with Crippen molar-refractivity contribution in [3.8, 4) is 5.75 Å². The second kappa shape index (κ2) is 16.8. The van der Waals surface area contributed by atoms with Crippen LogP contribution in [0.2, 0.25) is 0 Å². The van der Waals surface area contributed by atoms with Gasteiger partial charge in [0.05, 0.1) is 6.04 Å². The Morgan fingerprint density at radius 3 is 2.11 bits per heavy atom. The number of phenolic OH excluding ortho intramolecular Hbond substituents is 1. The summed E-state index contributed by atoms with van der Waals surface area (Å²) in [5.41, 5.74) is 18.8. The molecule has 4 amide bonds. The lowest BCUT2D eigenvalue weighted by molar-refractivity contribution is -0.142. The summed E-state index contributed by atoms with van der Waals surface area (Å²) in [7, 11) is 0. The van der Waals surface area contributed by atoms with Crippen LogP contribution in [0.1, 0.15) is 43.2 Å². The number of carbonyl (C=O) groups is 5. The van der Waals surface area contributed by atoms with Crippen LogP contribution < -0.4 is 33.2 Å². The van der Waals surface area contributed by atoms with Crippen molar-refractivity contribution in [2.75, 3.05) is 6.54 Å². The molecular weight excluding hydrogens is 582 g/mol. The van der Waals surface area contributed by atoms with Crippen molar-refractivity contribution >= 4 is 40.5 Å². The van der Waals surface area contributed by atoms with Gasteiger partial charge in [0, 0.05) is 36.4 Å². The number of amides is 4. The maximum absolute atomic E-state index is 13.6. The van der Waals surface area contributed by atoms with Crippen LogP contribution in [0.5, 0.6) is 5.75 Å². The number of hydrogen-bond donors (Lipinski definition) is 9. The SMILES string of the molecule is NCCCCC(N)C(=O)NC(CCC(N)=O)C(=O)NC(Cc1c[nH]c2ccccc12)C(=O)NC(Cc1ccc(O)cc1)C(=O)O. The fourth-order valence-electron chi connectivity index (χ4n) is 4.82. The lowest BCUT2D eigenvalue weighted by Gasteiger charge is -2.25. The van der Waals surface area contributed by atoms with Gasteiger partial charge < -0.3 is 48.3 Å². The van der Waals surface area contributed by atoms with E-state index in [0.29, 0.717) is 36.9 Å². The topological polar surface area (TPSA) is 256 Å². The molecule has 0 saturated carbocycles. The zero-order chi connectivity index (χ0) is 32.9. The largest absolute Gasteiger partial charge is 0.508 e. The minimum atomic E-state index is -1.36. The Morgan fingerprint density at radius 2 is 1.44 bits per heavy atom. The van der Waals surface area contributed by atoms with E-state index in [1.807, 2.05) is 24.3 Å². The minimum absolute atomic E-state index is 0.00524. The highest BCUT2D eigenvalue weighted by Gasteiger charge is 2.31. The number of aromatic nitrogens is 1. The van der Waals surface area contributed by atoms with E-state index in [2.05, 4.69) is 20.9 Å². The summed E-state index contributed by atoms with van der Waals surface area (Å²) in [6, 6.07) is 8.40. The van der Waals surface area contributed by atoms with Gasteiger partial charge in [-0.1, -0.05) is 36.8 Å². The molecule has 0 aliphatic heterocycles. The van der Waals surface area contributed by atoms with Crippen LogP contribution in [0, 0.1) is 0 Å². The number of nitrogens with two attached hydrogens (primary N) is 3. The van der Waals surface area contributed by atoms with Crippen LogP contribution in [-0.2, 0) is 36.8 Å². The lowest BCUT2D eigenvalue weighted by Crippen LogP contribution is -2.58. The maximum atomic E-state index is 13.6. The number of carbonyl (C=O) groups excluding carboxylic acids is 4. The normalized spacial score (nSPS) is 13.7. The number of H-pyrrole nitrogens is 1. The molecule has 0 aliphatic rings. The van der Waals surface area contributed by atoms with Crippen LogP contribution in [0.3, 0.4) is 0 Å². The van der Waals surface area contributed by atoms with Gasteiger partial charge >= 0.3 is 5.97 Å². The zero-order valence-electron chi connectivity index (χ0n) is 24.8. The predicted octanol–water partition coefficient (Wildman–Crippen LogP) is -0.0805. The van der Waals surface area contributed by atoms with Crippen molar-refractivity contribution in [2.24, 2.45) is 17.2 Å². The number of unbranched alkanes of at least 4 members (excludes halogenated alkanes) is 1. The Bertz CT molecular complexity index is 1470. The smallest absolute Gasteiger partial charge is 0.326 e. The van der Waals surface area contributed by atoms with Gasteiger partial charge in [-0.15, -0.1) is 0 Å². The van der Waals surface area contributed by atoms with Crippen LogP contribution in [-0.4, -0.2) is 75.5 Å². The first kappa shape index (κ1) is 34.5. The fraction of sp³-hybridized carbons (Fsp3) is 0.387. The number of nitrogens with one attached hydrogen (secondary N) is 4. The molecule has 0 saturated heterocycles. The number of primary amides is 1. The molecule has 4 atom stereocenters. The number of carboxylic acids is 1. The molecule has 14 heteroatoms. The number of carboxylic acid groups (broad SMARTS) is 1. The van der Waals surface area contributed by atoms with Gasteiger partial charge in [0.15, 0.2) is 0 Å². The molecule has 12 N–H and O–H groups in total. The molecule has 0 aliphatic carbocycles. The van der Waals surface area contributed by atoms with Crippen molar-refractivity contribution in [3.63, 3.8) is 0 Å². The third-order valence-electron chi connectivity index (χ3n) is 7.34. The molecule has 1 aromatic heterocycles. The molecular formula is C31H41N7O7. The van der Waals surface area contributed by atoms with Gasteiger partial charge in [0.25, 0.3) is 0 Å². The number of hydrogen-bond acceptors (Lipinski definition) is 8. The van der Waals surface area contributed by atoms with E-state index in [1.165, 1.54) is 24.3 Å². The lowest BCUT2D eigenvalue weighted by atomic mass is 10.0. The fourth-order valence-corrected chi connectivity index (χ4v) is 4.82. The van der Waals surface area contributed by atoms with Crippen molar-refractivity contribution in [1.29, 1.82) is 0 Å². The molecule has 1 heterocycles. The Kier molecular flexibility index (Phi) is 12.9. The first-order chi connectivity index (χ1) is 21.5. The van der Waals surface area contributed by atoms with Crippen molar-refractivity contribution in [2.45, 2.75) is 69.1 Å². The Balaban J connectivity index is 1.85. The van der Waals surface area contributed by atoms with Crippen molar-refractivity contribution < 1.29 is 34.2 Å². The second-order valence-corrected chi connectivity index (χ2v) is 10.9. The van der Waals surface area contributed by atoms with Crippen molar-refractivity contribution in [1.82, 2.24) is 20.9 Å². The van der Waals surface area contributed by atoms with Crippen LogP contribution >= 0.6 is 0 Å². The standard InChI is InChI=1S/C31H41N7O7/c32-14-4-3-6-22(33)28(41)36-24(12-13-27(34)40)29(42)37-25(16-19-17-35-23-7-2-1-5-21(19)23)30(43)38-26(31(44)45)15-18-8-10-20(39)11-9-18/h1-2,5,7-11,17,22,24-26,35,39H,3-4,6,12-16,32-33H2,(H2,34,40)(H,36,41)(H,37,42)(H,38,43)(H,44,45). The number of rotatable bonds is 18. The summed E-state index contributed by atoms with van der Waals surface area (Å²) < 4.78 is 0. The van der Waals surface area contributed by atoms with E-state index in [9.17, 15) is 34.2 Å². The highest BCUT2D eigenvalue weighted by atomic mass is 16.4. The molecule has 4 unspecified atom stereocenters. The van der Waals surface area contributed by atoms with Gasteiger partial charge in [0.2, 0.25) is 23.6 Å². The van der Waals surface area contributed by atoms with E-state index in [0.717, 1.165) is 10.9 Å². The highest BCUT2D eigenvalue weighted by Crippen LogP contribution is 2.20. The monoisotopic (exact) mass is 623 g/mol. The van der Waals surface area contributed by atoms with Crippen LogP contribution in [0.4, 0.5) is 0 Å². The van der Waals surface area contributed by atoms with E-state index >= 15 is 0 Å². The molecule has 2 aromatic carbocycles. The summed E-state index contributed by atoms with van der Waals surface area (Å²) in [5.74, 6) is -4.16. The molecule has 3 aromatic rings. The molecule has 3 rings (SSSR count). The van der Waals surface area contributed by atoms with Gasteiger partial charge in [-0.25, -0.2) is 4.79 Å². The maximum Gasteiger partial charge on any atom is 0.326 e. The Labute approximate surface area is 260 Å². The van der Waals surface area contributed by atoms with E-state index in [4.69, 9.17) is 17.2 Å². The predicted molar refractivity (Wildman–Crippen MR) is 167 cm³/mol. The van der Waals surface area contributed by atoms with Gasteiger partial charge in [-0.05, 0) is 55.1 Å². The summed E-state index contributed by atoms with van der Waals surface area (Å²) >= 11 is 0. The van der Waals surface area contributed by atoms with Crippen LogP contribution in [0.25, 0.3) is 10.9 Å². The summed E-state index contributed by atoms with van der Waals surface area (Å²) in [6.45, 7) is 0.440. The summed E-state index contributed by atoms with van der Waals surface area (Å²) in [4.78, 5) is 66.8. The first-order valence-electron chi connectivity index (χ1n) is 14.7. The molecule has 242 valence electrons. The number of aromatic amines is 1. The number of aromatic hydroxyl groups is 1. The number of fused-ring (bicyclic) bond motifs is 1. The molecule has 0 radical (unpaired) electrons. The number of para-hydroxylation sites is 1. The minimum Gasteiger partial charge on any atom is -0.508 e. The van der Waals surface area contributed by atoms with Gasteiger partial charge in [0.1, 0.15) is 23.9 Å². The first-order valence-corrected chi connectivity index (χ1v) is 14.7. The molecule has 14 nitrogen and oxygen atoms in total. The van der Waals surface area contributed by atoms with Gasteiger partial charge in [-0.3, -0.25) is 19.2 Å². The third-order valence-corrected chi connectivity index (χ3v) is 7.34. The molecule has 45 heavy (non-hydrogen) atoms. The average Bonchev–Trinajstić information content (AvgIpc) is 3.41. The number of aliphatic carboxylic acids is 1.